The summed E-state index contributed by atoms with van der Waals surface area (Å²) in [5.74, 6) is 0.728. The molecule has 0 aliphatic carbocycles. The van der Waals surface area contributed by atoms with Gasteiger partial charge in [-0.15, -0.1) is 0 Å². The summed E-state index contributed by atoms with van der Waals surface area (Å²) in [5.41, 5.74) is 4.91. The summed E-state index contributed by atoms with van der Waals surface area (Å²) in [7, 11) is 0.379. The largest absolute Gasteiger partial charge is 0.381 e. The minimum absolute atomic E-state index is 0.117. The molecule has 1 fully saturated rings. The minimum Gasteiger partial charge on any atom is -0.381 e. The smallest absolute Gasteiger partial charge is 0.264 e. The molecule has 3 heterocycles. The number of para-hydroxylation sites is 1. The normalized spacial score (nSPS) is 17.9. The maximum absolute atomic E-state index is 12.6. The molecule has 7 heteroatoms. The van der Waals surface area contributed by atoms with Crippen LogP contribution in [-0.4, -0.2) is 47.3 Å². The summed E-state index contributed by atoms with van der Waals surface area (Å²) in [6.07, 6.45) is 5.04. The Labute approximate surface area is 166 Å². The molecule has 2 aromatic rings. The first-order chi connectivity index (χ1) is 13.6. The molecule has 4 rings (SSSR count). The summed E-state index contributed by atoms with van der Waals surface area (Å²) in [6, 6.07) is 8.37. The summed E-state index contributed by atoms with van der Waals surface area (Å²) >= 11 is 0. The Kier molecular flexibility index (Phi) is 5.53. The van der Waals surface area contributed by atoms with Crippen LogP contribution in [0.3, 0.4) is 0 Å². The summed E-state index contributed by atoms with van der Waals surface area (Å²) in [5, 5.41) is 4.48. The van der Waals surface area contributed by atoms with Crippen molar-refractivity contribution >= 4 is 35.8 Å². The summed E-state index contributed by atoms with van der Waals surface area (Å²) in [4.78, 5) is 22.1. The summed E-state index contributed by atoms with van der Waals surface area (Å²) < 4.78 is 7.38. The highest BCUT2D eigenvalue weighted by molar-refractivity contribution is 7.01. The topological polar surface area (TPSA) is 68.8 Å². The fourth-order valence-electron chi connectivity index (χ4n) is 3.75. The van der Waals surface area contributed by atoms with E-state index in [1.807, 2.05) is 29.8 Å². The van der Waals surface area contributed by atoms with Crippen LogP contribution in [0.15, 0.2) is 40.4 Å². The maximum atomic E-state index is 12.6. The lowest BCUT2D eigenvalue weighted by molar-refractivity contribution is 0.0667. The zero-order chi connectivity index (χ0) is 19.5. The van der Waals surface area contributed by atoms with E-state index in [1.54, 1.807) is 6.20 Å². The Morgan fingerprint density at radius 2 is 2.11 bits per heavy atom. The molecule has 0 spiro atoms. The number of benzene rings is 1. The van der Waals surface area contributed by atoms with Gasteiger partial charge in [-0.2, -0.15) is 5.10 Å². The van der Waals surface area contributed by atoms with E-state index in [0.717, 1.165) is 67.3 Å². The first-order valence-corrected chi connectivity index (χ1v) is 9.96. The van der Waals surface area contributed by atoms with E-state index >= 15 is 0 Å². The van der Waals surface area contributed by atoms with Crippen molar-refractivity contribution in [2.24, 2.45) is 9.98 Å². The standard InChI is InChI=1S/C21H25BN4O2/c1-14-5-3-4-6-18(14)24-15(2)7-8-19-22-20(27)17-13-23-26(21(17)25-19)16-9-11-28-12-10-16/h3-6,13,16,22H,7-12H2,1-2H3/b24-15+. The van der Waals surface area contributed by atoms with Crippen molar-refractivity contribution in [2.75, 3.05) is 13.2 Å². The zero-order valence-corrected chi connectivity index (χ0v) is 16.5. The van der Waals surface area contributed by atoms with Crippen molar-refractivity contribution in [3.05, 3.63) is 41.6 Å². The number of rotatable bonds is 5. The van der Waals surface area contributed by atoms with Crippen LogP contribution in [0.25, 0.3) is 0 Å². The van der Waals surface area contributed by atoms with Crippen molar-refractivity contribution in [3.8, 4) is 0 Å². The van der Waals surface area contributed by atoms with E-state index in [4.69, 9.17) is 14.7 Å². The molecule has 0 bridgehead atoms. The number of hydrogen-bond acceptors (Lipinski definition) is 5. The van der Waals surface area contributed by atoms with Gasteiger partial charge in [0.15, 0.2) is 5.82 Å². The molecular formula is C21H25BN4O2. The first kappa shape index (κ1) is 18.8. The van der Waals surface area contributed by atoms with Crippen LogP contribution >= 0.6 is 0 Å². The van der Waals surface area contributed by atoms with Crippen LogP contribution in [0.1, 0.15) is 54.6 Å². The molecule has 2 aliphatic rings. The number of fused-ring (bicyclic) bond motifs is 1. The van der Waals surface area contributed by atoms with Gasteiger partial charge in [0.2, 0.25) is 0 Å². The lowest BCUT2D eigenvalue weighted by Crippen LogP contribution is -2.26. The third-order valence-corrected chi connectivity index (χ3v) is 5.44. The van der Waals surface area contributed by atoms with Crippen LogP contribution < -0.4 is 0 Å². The van der Waals surface area contributed by atoms with Gasteiger partial charge in [0.25, 0.3) is 7.28 Å². The van der Waals surface area contributed by atoms with Crippen LogP contribution in [0, 0.1) is 6.92 Å². The van der Waals surface area contributed by atoms with Gasteiger partial charge in [-0.3, -0.25) is 4.99 Å². The van der Waals surface area contributed by atoms with Crippen LogP contribution in [0.4, 0.5) is 11.5 Å². The number of aryl methyl sites for hydroxylation is 1. The lowest BCUT2D eigenvalue weighted by atomic mass is 9.63. The number of carbonyl (C=O) groups excluding carboxylic acids is 1. The van der Waals surface area contributed by atoms with Gasteiger partial charge in [0, 0.05) is 18.9 Å². The van der Waals surface area contributed by atoms with Gasteiger partial charge in [-0.1, -0.05) is 18.2 Å². The van der Waals surface area contributed by atoms with Gasteiger partial charge in [-0.25, -0.2) is 9.67 Å². The van der Waals surface area contributed by atoms with Crippen LogP contribution in [0.2, 0.25) is 0 Å². The number of nitrogens with zero attached hydrogens (tertiary/aromatic N) is 4. The highest BCUT2D eigenvalue weighted by atomic mass is 16.5. The highest BCUT2D eigenvalue weighted by Crippen LogP contribution is 2.31. The molecule has 0 atom stereocenters. The molecular weight excluding hydrogens is 351 g/mol. The molecule has 144 valence electrons. The molecule has 28 heavy (non-hydrogen) atoms. The lowest BCUT2D eigenvalue weighted by Gasteiger charge is -2.24. The molecule has 6 nitrogen and oxygen atoms in total. The van der Waals surface area contributed by atoms with Crippen molar-refractivity contribution < 1.29 is 9.53 Å². The molecule has 0 amide bonds. The van der Waals surface area contributed by atoms with E-state index in [0.29, 0.717) is 12.8 Å². The number of carbonyl (C=O) groups is 1. The molecule has 1 aromatic carbocycles. The van der Waals surface area contributed by atoms with Crippen LogP contribution in [-0.2, 0) is 4.74 Å². The molecule has 0 N–H and O–H groups in total. The van der Waals surface area contributed by atoms with Gasteiger partial charge in [0.05, 0.1) is 23.5 Å². The average Bonchev–Trinajstić information content (AvgIpc) is 3.13. The van der Waals surface area contributed by atoms with E-state index in [-0.39, 0.29) is 11.7 Å². The van der Waals surface area contributed by atoms with Crippen molar-refractivity contribution in [1.29, 1.82) is 0 Å². The summed E-state index contributed by atoms with van der Waals surface area (Å²) in [6.45, 7) is 5.57. The van der Waals surface area contributed by atoms with E-state index in [1.165, 1.54) is 0 Å². The second-order valence-electron chi connectivity index (χ2n) is 7.58. The SMILES string of the molecule is C/C(CCC1=Nc2c(cnn2C2CCOCC2)C(=O)B1)=N\c1ccccc1C. The average molecular weight is 376 g/mol. The monoisotopic (exact) mass is 376 g/mol. The molecule has 0 radical (unpaired) electrons. The molecule has 0 saturated carbocycles. The second-order valence-corrected chi connectivity index (χ2v) is 7.58. The van der Waals surface area contributed by atoms with Gasteiger partial charge < -0.3 is 9.53 Å². The van der Waals surface area contributed by atoms with Gasteiger partial charge >= 0.3 is 0 Å². The minimum atomic E-state index is 0.117. The zero-order valence-electron chi connectivity index (χ0n) is 16.5. The maximum Gasteiger partial charge on any atom is 0.264 e. The first-order valence-electron chi connectivity index (χ1n) is 9.96. The number of hydrogen-bond donors (Lipinski definition) is 0. The van der Waals surface area contributed by atoms with E-state index < -0.39 is 0 Å². The Morgan fingerprint density at radius 1 is 1.32 bits per heavy atom. The van der Waals surface area contributed by atoms with E-state index in [2.05, 4.69) is 18.1 Å². The fraction of sp³-hybridized carbons (Fsp3) is 0.429. The molecule has 0 unspecified atom stereocenters. The Balaban J connectivity index is 1.50. The predicted octanol–water partition coefficient (Wildman–Crippen LogP) is 3.74. The van der Waals surface area contributed by atoms with Crippen molar-refractivity contribution in [3.63, 3.8) is 0 Å². The Hall–Kier alpha value is -2.54. The van der Waals surface area contributed by atoms with Crippen molar-refractivity contribution in [1.82, 2.24) is 9.78 Å². The van der Waals surface area contributed by atoms with Crippen LogP contribution in [0.5, 0.6) is 0 Å². The molecule has 1 aromatic heterocycles. The highest BCUT2D eigenvalue weighted by Gasteiger charge is 2.28. The van der Waals surface area contributed by atoms with Crippen molar-refractivity contribution in [2.45, 2.75) is 45.6 Å². The number of ether oxygens (including phenoxy) is 1. The second kappa shape index (κ2) is 8.23. The predicted molar refractivity (Wildman–Crippen MR) is 113 cm³/mol. The van der Waals surface area contributed by atoms with Gasteiger partial charge in [0.1, 0.15) is 5.68 Å². The van der Waals surface area contributed by atoms with Gasteiger partial charge in [-0.05, 0) is 56.8 Å². The molecule has 1 saturated heterocycles. The quantitative estimate of drug-likeness (QED) is 0.590. The third kappa shape index (κ3) is 3.99. The Morgan fingerprint density at radius 3 is 2.89 bits per heavy atom. The molecule has 2 aliphatic heterocycles. The Bertz CT molecular complexity index is 942. The fourth-order valence-corrected chi connectivity index (χ4v) is 3.75. The third-order valence-electron chi connectivity index (χ3n) is 5.44. The van der Waals surface area contributed by atoms with E-state index in [9.17, 15) is 4.79 Å². The number of aliphatic imine (C=N–C) groups is 2. The number of aromatic nitrogens is 2.